The van der Waals surface area contributed by atoms with Crippen LogP contribution in [0, 0.1) is 0 Å². The number of H-pyrrole nitrogens is 1. The molecule has 0 aliphatic heterocycles. The van der Waals surface area contributed by atoms with E-state index in [1.807, 2.05) is 48.8 Å². The minimum Gasteiger partial charge on any atom is -0.508 e. The van der Waals surface area contributed by atoms with Gasteiger partial charge in [0.1, 0.15) is 11.3 Å². The summed E-state index contributed by atoms with van der Waals surface area (Å²) in [5.74, 6) is -0.324. The van der Waals surface area contributed by atoms with Crippen molar-refractivity contribution in [3.63, 3.8) is 0 Å². The van der Waals surface area contributed by atoms with Crippen molar-refractivity contribution in [2.24, 2.45) is 0 Å². The molecule has 2 amide bonds. The molecule has 1 unspecified atom stereocenters. The van der Waals surface area contributed by atoms with Gasteiger partial charge in [0.05, 0.1) is 6.42 Å². The van der Waals surface area contributed by atoms with Crippen LogP contribution in [0.4, 0.5) is 0 Å². The highest BCUT2D eigenvalue weighted by atomic mass is 16.3. The van der Waals surface area contributed by atoms with Gasteiger partial charge < -0.3 is 20.7 Å². The summed E-state index contributed by atoms with van der Waals surface area (Å²) in [6.45, 7) is 2.27. The minimum absolute atomic E-state index is 0.106. The average molecular weight is 525 g/mol. The Morgan fingerprint density at radius 3 is 2.49 bits per heavy atom. The first-order chi connectivity index (χ1) is 18.9. The third-order valence-electron chi connectivity index (χ3n) is 8.04. The Bertz CT molecular complexity index is 1420. The molecule has 0 radical (unpaired) electrons. The van der Waals surface area contributed by atoms with Gasteiger partial charge in [-0.05, 0) is 61.2 Å². The summed E-state index contributed by atoms with van der Waals surface area (Å²) in [6.07, 6.45) is 9.50. The highest BCUT2D eigenvalue weighted by Gasteiger charge is 2.40. The molecule has 4 N–H and O–H groups in total. The Labute approximate surface area is 229 Å². The van der Waals surface area contributed by atoms with Crippen LogP contribution in [0.5, 0.6) is 5.75 Å². The number of fused-ring (bicyclic) bond motifs is 1. The first kappa shape index (κ1) is 26.5. The predicted octanol–water partition coefficient (Wildman–Crippen LogP) is 4.95. The van der Waals surface area contributed by atoms with E-state index in [2.05, 4.69) is 26.7 Å². The summed E-state index contributed by atoms with van der Waals surface area (Å²) >= 11 is 0. The van der Waals surface area contributed by atoms with Crippen LogP contribution in [0.1, 0.15) is 55.8 Å². The molecule has 2 aromatic heterocycles. The van der Waals surface area contributed by atoms with Crippen molar-refractivity contribution < 1.29 is 14.7 Å². The third-order valence-corrected chi connectivity index (χ3v) is 8.04. The lowest BCUT2D eigenvalue weighted by atomic mass is 9.71. The van der Waals surface area contributed by atoms with Gasteiger partial charge in [0, 0.05) is 47.4 Å². The van der Waals surface area contributed by atoms with Crippen LogP contribution in [0.25, 0.3) is 10.9 Å². The average Bonchev–Trinajstić information content (AvgIpc) is 3.36. The van der Waals surface area contributed by atoms with Crippen LogP contribution in [0.15, 0.2) is 79.1 Å². The zero-order chi connectivity index (χ0) is 27.3. The molecule has 5 rings (SSSR count). The zero-order valence-electron chi connectivity index (χ0n) is 22.4. The Hall–Kier alpha value is -4.13. The van der Waals surface area contributed by atoms with Crippen LogP contribution < -0.4 is 10.6 Å². The molecule has 4 aromatic rings. The van der Waals surface area contributed by atoms with E-state index in [0.29, 0.717) is 13.0 Å². The number of para-hydroxylation sites is 1. The number of phenolic OH excluding ortho intramolecular Hbond substituents is 1. The summed E-state index contributed by atoms with van der Waals surface area (Å²) in [7, 11) is 0. The Balaban J connectivity index is 1.39. The number of aromatic hydroxyl groups is 1. The van der Waals surface area contributed by atoms with Gasteiger partial charge in [0.25, 0.3) is 0 Å². The number of nitrogens with one attached hydrogen (secondary N) is 3. The first-order valence-electron chi connectivity index (χ1n) is 13.7. The maximum Gasteiger partial charge on any atom is 0.245 e. The molecule has 2 aromatic carbocycles. The highest BCUT2D eigenvalue weighted by molar-refractivity contribution is 5.93. The van der Waals surface area contributed by atoms with Gasteiger partial charge in [-0.2, -0.15) is 0 Å². The molecule has 202 valence electrons. The fourth-order valence-electron chi connectivity index (χ4n) is 5.86. The number of hydrogen-bond acceptors (Lipinski definition) is 4. The van der Waals surface area contributed by atoms with Gasteiger partial charge in [0.2, 0.25) is 11.8 Å². The number of carbonyl (C=O) groups is 2. The maximum atomic E-state index is 14.0. The molecule has 0 saturated heterocycles. The van der Waals surface area contributed by atoms with Crippen molar-refractivity contribution in [2.75, 3.05) is 6.54 Å². The van der Waals surface area contributed by atoms with E-state index in [9.17, 15) is 14.7 Å². The van der Waals surface area contributed by atoms with Crippen molar-refractivity contribution in [1.29, 1.82) is 0 Å². The number of aromatic nitrogens is 2. The summed E-state index contributed by atoms with van der Waals surface area (Å²) in [5.41, 5.74) is 2.33. The van der Waals surface area contributed by atoms with Gasteiger partial charge in [-0.25, -0.2) is 0 Å². The molecule has 1 atom stereocenters. The second-order valence-electron chi connectivity index (χ2n) is 11.0. The molecule has 1 fully saturated rings. The van der Waals surface area contributed by atoms with Crippen LogP contribution in [-0.2, 0) is 27.8 Å². The number of carbonyl (C=O) groups excluding carboxylic acids is 2. The Morgan fingerprint density at radius 1 is 1.00 bits per heavy atom. The molecule has 1 saturated carbocycles. The predicted molar refractivity (Wildman–Crippen MR) is 152 cm³/mol. The lowest BCUT2D eigenvalue weighted by Gasteiger charge is -2.38. The SMILES string of the molecule is CC(Cc1c[nH]c2ccccc12)(NC(=O)Cc1ccc(O)cc1)C(=O)NCC1(c2ccccn2)CCCCC1. The molecule has 1 aliphatic carbocycles. The third kappa shape index (κ3) is 5.98. The molecule has 2 heterocycles. The number of phenols is 1. The topological polar surface area (TPSA) is 107 Å². The van der Waals surface area contributed by atoms with E-state index in [1.54, 1.807) is 31.2 Å². The van der Waals surface area contributed by atoms with Crippen LogP contribution in [0.3, 0.4) is 0 Å². The smallest absolute Gasteiger partial charge is 0.245 e. The van der Waals surface area contributed by atoms with Crippen LogP contribution in [0.2, 0.25) is 0 Å². The van der Waals surface area contributed by atoms with Gasteiger partial charge in [-0.3, -0.25) is 14.6 Å². The summed E-state index contributed by atoms with van der Waals surface area (Å²) in [6, 6.07) is 20.5. The number of nitrogens with zero attached hydrogens (tertiary/aromatic N) is 1. The number of hydrogen-bond donors (Lipinski definition) is 4. The largest absolute Gasteiger partial charge is 0.508 e. The Morgan fingerprint density at radius 2 is 1.74 bits per heavy atom. The van der Waals surface area contributed by atoms with Crippen molar-refractivity contribution in [2.45, 2.75) is 62.8 Å². The highest BCUT2D eigenvalue weighted by Crippen LogP contribution is 2.38. The second kappa shape index (κ2) is 11.3. The van der Waals surface area contributed by atoms with E-state index in [0.717, 1.165) is 53.4 Å². The fraction of sp³-hybridized carbons (Fsp3) is 0.344. The van der Waals surface area contributed by atoms with Crippen molar-refractivity contribution >= 4 is 22.7 Å². The van der Waals surface area contributed by atoms with Gasteiger partial charge in [-0.15, -0.1) is 0 Å². The fourth-order valence-corrected chi connectivity index (χ4v) is 5.86. The van der Waals surface area contributed by atoms with E-state index >= 15 is 0 Å². The molecule has 1 aliphatic rings. The van der Waals surface area contributed by atoms with Crippen LogP contribution in [-0.4, -0.2) is 39.0 Å². The molecular formula is C32H36N4O3. The number of rotatable bonds is 9. The van der Waals surface area contributed by atoms with Crippen molar-refractivity contribution in [3.05, 3.63) is 95.9 Å². The van der Waals surface area contributed by atoms with Crippen molar-refractivity contribution in [3.8, 4) is 5.75 Å². The van der Waals surface area contributed by atoms with E-state index in [1.165, 1.54) is 6.42 Å². The molecule has 7 heteroatoms. The number of aromatic amines is 1. The molecule has 39 heavy (non-hydrogen) atoms. The zero-order valence-corrected chi connectivity index (χ0v) is 22.4. The normalized spacial score (nSPS) is 16.3. The van der Waals surface area contributed by atoms with E-state index in [-0.39, 0.29) is 29.4 Å². The summed E-state index contributed by atoms with van der Waals surface area (Å²) < 4.78 is 0. The lowest BCUT2D eigenvalue weighted by Crippen LogP contribution is -2.60. The molecule has 0 bridgehead atoms. The lowest BCUT2D eigenvalue weighted by molar-refractivity contribution is -0.133. The summed E-state index contributed by atoms with van der Waals surface area (Å²) in [5, 5.41) is 16.9. The molecule has 0 spiro atoms. The number of amides is 2. The maximum absolute atomic E-state index is 14.0. The quantitative estimate of drug-likeness (QED) is 0.249. The monoisotopic (exact) mass is 524 g/mol. The van der Waals surface area contributed by atoms with Gasteiger partial charge in [0.15, 0.2) is 0 Å². The Kier molecular flexibility index (Phi) is 7.68. The van der Waals surface area contributed by atoms with Gasteiger partial charge in [-0.1, -0.05) is 55.7 Å². The number of pyridine rings is 1. The van der Waals surface area contributed by atoms with E-state index in [4.69, 9.17) is 0 Å². The second-order valence-corrected chi connectivity index (χ2v) is 11.0. The molecular weight excluding hydrogens is 488 g/mol. The molecule has 7 nitrogen and oxygen atoms in total. The van der Waals surface area contributed by atoms with Crippen LogP contribution >= 0.6 is 0 Å². The standard InChI is InChI=1S/C32H36N4O3/c1-31(20-24-21-34-27-10-4-3-9-26(24)27,36-29(38)19-23-12-14-25(37)15-13-23)30(39)35-22-32(16-6-2-7-17-32)28-11-5-8-18-33-28/h3-5,8-15,18,21,34,37H,2,6-7,16-17,19-20,22H2,1H3,(H,35,39)(H,36,38). The van der Waals surface area contributed by atoms with E-state index < -0.39 is 5.54 Å². The van der Waals surface area contributed by atoms with Crippen molar-refractivity contribution in [1.82, 2.24) is 20.6 Å². The van der Waals surface area contributed by atoms with Gasteiger partial charge >= 0.3 is 0 Å². The number of benzene rings is 2. The minimum atomic E-state index is -1.18. The first-order valence-corrected chi connectivity index (χ1v) is 13.7. The summed E-state index contributed by atoms with van der Waals surface area (Å²) in [4.78, 5) is 35.2.